The summed E-state index contributed by atoms with van der Waals surface area (Å²) in [7, 11) is 1.65. The van der Waals surface area contributed by atoms with E-state index in [1.54, 1.807) is 31.8 Å². The van der Waals surface area contributed by atoms with Crippen molar-refractivity contribution in [3.8, 4) is 28.7 Å². The lowest BCUT2D eigenvalue weighted by molar-refractivity contribution is -0.119. The van der Waals surface area contributed by atoms with Gasteiger partial charge in [0.25, 0.3) is 5.91 Å². The maximum absolute atomic E-state index is 15.6. The van der Waals surface area contributed by atoms with Gasteiger partial charge in [0.1, 0.15) is 57.9 Å². The molecule has 0 saturated carbocycles. The Morgan fingerprint density at radius 2 is 1.48 bits per heavy atom. The molecule has 5 heterocycles. The number of aromatic nitrogens is 3. The molecule has 3 atom stereocenters. The third kappa shape index (κ3) is 12.9. The number of hydrogen-bond acceptors (Lipinski definition) is 10. The number of nitriles is 1. The zero-order valence-corrected chi connectivity index (χ0v) is 51.5. The molecule has 17 heteroatoms. The van der Waals surface area contributed by atoms with E-state index in [1.807, 2.05) is 71.3 Å². The second-order valence-electron chi connectivity index (χ2n) is 23.9. The molecule has 0 aliphatic carbocycles. The first-order chi connectivity index (χ1) is 40.1. The molecule has 442 valence electrons. The van der Waals surface area contributed by atoms with Gasteiger partial charge in [-0.2, -0.15) is 10.4 Å². The summed E-state index contributed by atoms with van der Waals surface area (Å²) in [6.07, 6.45) is 8.41. The Kier molecular flexibility index (Phi) is 19.0. The van der Waals surface area contributed by atoms with Gasteiger partial charge in [-0.3, -0.25) is 34.0 Å². The average molecular weight is 1180 g/mol. The smallest absolute Gasteiger partial charge is 0.326 e. The fourth-order valence-electron chi connectivity index (χ4n) is 12.0. The largest absolute Gasteiger partial charge is 0.493 e. The van der Waals surface area contributed by atoms with Gasteiger partial charge < -0.3 is 19.3 Å². The number of carbonyl (C=O) groups is 3. The highest BCUT2D eigenvalue weighted by atomic mass is 35.5. The zero-order chi connectivity index (χ0) is 60.1. The molecule has 1 saturated heterocycles. The van der Waals surface area contributed by atoms with Crippen molar-refractivity contribution in [3.05, 3.63) is 164 Å². The Balaban J connectivity index is 0.772. The molecule has 0 unspecified atom stereocenters. The predicted octanol–water partition coefficient (Wildman–Crippen LogP) is 14.4. The van der Waals surface area contributed by atoms with Crippen molar-refractivity contribution in [1.82, 2.24) is 34.4 Å². The molecule has 6 aromatic rings. The summed E-state index contributed by atoms with van der Waals surface area (Å²) in [5.74, 6) is 1.05. The van der Waals surface area contributed by atoms with E-state index >= 15 is 4.79 Å². The second-order valence-corrected chi connectivity index (χ2v) is 24.8. The van der Waals surface area contributed by atoms with Gasteiger partial charge in [0.15, 0.2) is 0 Å². The number of ether oxygens (including phenoxy) is 2. The van der Waals surface area contributed by atoms with Gasteiger partial charge in [0.2, 0.25) is 0 Å². The van der Waals surface area contributed by atoms with Crippen LogP contribution in [0.1, 0.15) is 168 Å². The Bertz CT molecular complexity index is 3460. The summed E-state index contributed by atoms with van der Waals surface area (Å²) < 4.78 is 28.8. The number of pyridine rings is 1. The molecule has 0 N–H and O–H groups in total. The molecule has 3 aliphatic heterocycles. The number of piperazine rings is 1. The quantitative estimate of drug-likeness (QED) is 0.0766. The van der Waals surface area contributed by atoms with Crippen LogP contribution >= 0.6 is 23.2 Å². The number of nitrogens with zero attached hydrogens (tertiary/aromatic N) is 9. The number of benzene rings is 4. The topological polar surface area (TPSA) is 149 Å². The third-order valence-corrected chi connectivity index (χ3v) is 17.7. The molecule has 9 rings (SSSR count). The van der Waals surface area contributed by atoms with Crippen molar-refractivity contribution in [3.63, 3.8) is 0 Å². The van der Waals surface area contributed by atoms with E-state index in [-0.39, 0.29) is 29.7 Å². The van der Waals surface area contributed by atoms with Crippen LogP contribution in [0.5, 0.6) is 11.5 Å². The van der Waals surface area contributed by atoms with Crippen molar-refractivity contribution >= 4 is 46.8 Å². The Morgan fingerprint density at radius 1 is 0.833 bits per heavy atom. The zero-order valence-electron chi connectivity index (χ0n) is 50.0. The first-order valence-electron chi connectivity index (χ1n) is 29.6. The highest BCUT2D eigenvalue weighted by molar-refractivity contribution is 6.30. The lowest BCUT2D eigenvalue weighted by Crippen LogP contribution is -2.60. The van der Waals surface area contributed by atoms with E-state index in [0.717, 1.165) is 80.4 Å². The monoisotopic (exact) mass is 1180 g/mol. The SMILES string of the molecule is CCOc1cc(C(C)(C)C)ccc1C1=N[C@](C)(c2ccc(Cl)cc2)[C@](C)(c2ccc(Cl)cc2)N1C(=O)N1CCN(CCCCCCCCC(=O)CCCn2nc3c(c2C#N)-c2cnc(C)c(c2)O[C@H](C)c2cc(F)ccc2C(=O)N(C)C3)CC1. The number of ketones is 1. The first kappa shape index (κ1) is 61.4. The lowest BCUT2D eigenvalue weighted by Gasteiger charge is -2.47. The maximum atomic E-state index is 15.6. The number of urea groups is 1. The minimum absolute atomic E-state index is 0.0881. The van der Waals surface area contributed by atoms with Crippen LogP contribution in [-0.2, 0) is 34.4 Å². The summed E-state index contributed by atoms with van der Waals surface area (Å²) in [6, 6.07) is 29.9. The molecule has 1 fully saturated rings. The summed E-state index contributed by atoms with van der Waals surface area (Å²) >= 11 is 13.0. The van der Waals surface area contributed by atoms with Gasteiger partial charge in [0.05, 0.1) is 30.1 Å². The fraction of sp³-hybridized carbons (Fsp3) is 0.448. The van der Waals surface area contributed by atoms with Crippen molar-refractivity contribution in [2.24, 2.45) is 4.99 Å². The number of aliphatic imine (C=N–C) groups is 1. The van der Waals surface area contributed by atoms with Gasteiger partial charge in [-0.15, -0.1) is 0 Å². The van der Waals surface area contributed by atoms with Crippen molar-refractivity contribution < 1.29 is 28.2 Å². The highest BCUT2D eigenvalue weighted by Gasteiger charge is 2.60. The van der Waals surface area contributed by atoms with Crippen LogP contribution in [0.3, 0.4) is 0 Å². The molecule has 0 spiro atoms. The molecular weight excluding hydrogens is 1100 g/mol. The van der Waals surface area contributed by atoms with Crippen LogP contribution in [0.2, 0.25) is 10.0 Å². The molecule has 84 heavy (non-hydrogen) atoms. The first-order valence-corrected chi connectivity index (χ1v) is 30.3. The van der Waals surface area contributed by atoms with E-state index < -0.39 is 23.0 Å². The van der Waals surface area contributed by atoms with Crippen LogP contribution < -0.4 is 9.47 Å². The third-order valence-electron chi connectivity index (χ3n) is 17.2. The van der Waals surface area contributed by atoms with Crippen LogP contribution in [0, 0.1) is 24.1 Å². The summed E-state index contributed by atoms with van der Waals surface area (Å²) in [6.45, 7) is 20.7. The molecule has 3 amide bonds. The van der Waals surface area contributed by atoms with Crippen LogP contribution in [0.4, 0.5) is 9.18 Å². The molecule has 2 bridgehead atoms. The predicted molar refractivity (Wildman–Crippen MR) is 328 cm³/mol. The van der Waals surface area contributed by atoms with Gasteiger partial charge in [0, 0.05) is 91.1 Å². The van der Waals surface area contributed by atoms with Gasteiger partial charge in [-0.25, -0.2) is 9.18 Å². The van der Waals surface area contributed by atoms with E-state index in [9.17, 15) is 19.2 Å². The number of amides is 3. The molecular formula is C67H78Cl2FN9O5. The Hall–Kier alpha value is -7.12. The number of halogens is 3. The number of unbranched alkanes of at least 4 members (excludes halogenated alkanes) is 5. The normalized spacial score (nSPS) is 19.2. The van der Waals surface area contributed by atoms with Gasteiger partial charge >= 0.3 is 6.03 Å². The van der Waals surface area contributed by atoms with Crippen LogP contribution in [0.25, 0.3) is 11.1 Å². The summed E-state index contributed by atoms with van der Waals surface area (Å²) in [4.78, 5) is 60.6. The number of fused-ring (bicyclic) bond motifs is 5. The summed E-state index contributed by atoms with van der Waals surface area (Å²) in [5.41, 5.74) is 4.90. The Morgan fingerprint density at radius 3 is 2.14 bits per heavy atom. The number of hydrogen-bond donors (Lipinski definition) is 0. The maximum Gasteiger partial charge on any atom is 0.326 e. The summed E-state index contributed by atoms with van der Waals surface area (Å²) in [5, 5.41) is 16.6. The number of amidine groups is 1. The van der Waals surface area contributed by atoms with E-state index in [4.69, 9.17) is 42.8 Å². The molecule has 4 aromatic carbocycles. The molecule has 14 nitrogen and oxygen atoms in total. The molecule has 0 radical (unpaired) electrons. The van der Waals surface area contributed by atoms with E-state index in [1.165, 1.54) is 23.1 Å². The molecule has 2 aromatic heterocycles. The Labute approximate surface area is 504 Å². The second kappa shape index (κ2) is 26.0. The minimum Gasteiger partial charge on any atom is -0.493 e. The van der Waals surface area contributed by atoms with Crippen LogP contribution in [0.15, 0.2) is 102 Å². The lowest BCUT2D eigenvalue weighted by atomic mass is 9.71. The van der Waals surface area contributed by atoms with Crippen molar-refractivity contribution in [2.75, 3.05) is 46.4 Å². The van der Waals surface area contributed by atoms with Crippen molar-refractivity contribution in [2.45, 2.75) is 149 Å². The minimum atomic E-state index is -1.01. The van der Waals surface area contributed by atoms with Crippen LogP contribution in [-0.4, -0.2) is 104 Å². The van der Waals surface area contributed by atoms with E-state index in [0.29, 0.717) is 112 Å². The average Bonchev–Trinajstić information content (AvgIpc) is 2.76. The molecule has 3 aliphatic rings. The number of Topliss-reactive ketones (excluding diaryl/α,β-unsaturated/α-hetero) is 1. The van der Waals surface area contributed by atoms with E-state index in [2.05, 4.69) is 68.8 Å². The number of rotatable bonds is 18. The number of carbonyl (C=O) groups excluding carboxylic acids is 3. The fourth-order valence-corrected chi connectivity index (χ4v) is 12.3. The van der Waals surface area contributed by atoms with Gasteiger partial charge in [-0.1, -0.05) is 100.0 Å². The van der Waals surface area contributed by atoms with Gasteiger partial charge in [-0.05, 0) is 143 Å². The highest BCUT2D eigenvalue weighted by Crippen LogP contribution is 2.54. The standard InChI is InChI=1S/C67H78Cl2FN9O5/c1-10-83-60-39-49(65(4,5)6)24-30-55(60)62-73-66(7,47-20-25-50(68)26-21-47)67(8,48-22-27-51(69)28-23-48)79(62)64(82)77-36-34-76(35-37-77)32-16-14-12-11-13-15-18-53(80)19-17-33-78-58(41-71)61-46-38-59(44(2)72-42-46)84-45(3)56-40-52(70)29-31-54(56)63(81)75(9)43-57(61)74-78/h20-31,38-40,42,45H,10-19,32-37,43H2,1-9H3/t45-,66-,67+/m1/s1. The van der Waals surface area contributed by atoms with Crippen molar-refractivity contribution in [1.29, 1.82) is 5.26 Å². The number of aryl methyl sites for hydroxylation is 2.